The maximum absolute atomic E-state index is 12.8. The number of fused-ring (bicyclic) bond motifs is 1. The Morgan fingerprint density at radius 1 is 1.30 bits per heavy atom. The van der Waals surface area contributed by atoms with Crippen molar-refractivity contribution in [1.82, 2.24) is 10.2 Å². The molecule has 2 aromatic rings. The van der Waals surface area contributed by atoms with E-state index in [1.807, 2.05) is 4.90 Å². The number of rotatable bonds is 4. The monoisotopic (exact) mass is 328 g/mol. The van der Waals surface area contributed by atoms with Gasteiger partial charge in [0.15, 0.2) is 0 Å². The van der Waals surface area contributed by atoms with Gasteiger partial charge in [-0.3, -0.25) is 4.79 Å². The lowest BCUT2D eigenvalue weighted by Crippen LogP contribution is -2.45. The van der Waals surface area contributed by atoms with Crippen molar-refractivity contribution < 1.29 is 4.79 Å². The topological polar surface area (TPSA) is 32.3 Å². The highest BCUT2D eigenvalue weighted by atomic mass is 32.1. The molecule has 0 aliphatic carbocycles. The highest BCUT2D eigenvalue weighted by Crippen LogP contribution is 2.37. The second kappa shape index (κ2) is 6.85. The van der Waals surface area contributed by atoms with Crippen LogP contribution in [-0.2, 0) is 11.2 Å². The lowest BCUT2D eigenvalue weighted by atomic mass is 9.92. The minimum atomic E-state index is 0.0482. The van der Waals surface area contributed by atoms with E-state index in [0.29, 0.717) is 12.6 Å². The molecule has 4 heteroatoms. The Morgan fingerprint density at radius 3 is 2.74 bits per heavy atom. The van der Waals surface area contributed by atoms with E-state index in [-0.39, 0.29) is 11.9 Å². The van der Waals surface area contributed by atoms with Gasteiger partial charge in [-0.05, 0) is 35.9 Å². The van der Waals surface area contributed by atoms with Gasteiger partial charge in [0, 0.05) is 17.5 Å². The normalized spacial score (nSPS) is 17.4. The zero-order chi connectivity index (χ0) is 16.4. The number of carbonyl (C=O) groups excluding carboxylic acids is 1. The second-order valence-corrected chi connectivity index (χ2v) is 7.49. The van der Waals surface area contributed by atoms with Crippen molar-refractivity contribution in [3.05, 3.63) is 57.3 Å². The predicted octanol–water partition coefficient (Wildman–Crippen LogP) is 3.53. The molecule has 0 saturated carbocycles. The summed E-state index contributed by atoms with van der Waals surface area (Å²) in [6.45, 7) is 7.43. The SMILES string of the molecule is Cc1ccc(C2c3ccsc3CCN2C(=O)CNC(C)C)cc1. The molecular formula is C19H24N2OS. The summed E-state index contributed by atoms with van der Waals surface area (Å²) in [6.07, 6.45) is 0.961. The maximum atomic E-state index is 12.8. The van der Waals surface area contributed by atoms with E-state index in [2.05, 4.69) is 61.8 Å². The van der Waals surface area contributed by atoms with E-state index in [4.69, 9.17) is 0 Å². The molecule has 1 atom stereocenters. The number of hydrogen-bond donors (Lipinski definition) is 1. The van der Waals surface area contributed by atoms with Gasteiger partial charge >= 0.3 is 0 Å². The average Bonchev–Trinajstić information content (AvgIpc) is 3.01. The van der Waals surface area contributed by atoms with Gasteiger partial charge in [0.05, 0.1) is 12.6 Å². The number of carbonyl (C=O) groups is 1. The Labute approximate surface area is 142 Å². The summed E-state index contributed by atoms with van der Waals surface area (Å²) in [4.78, 5) is 16.2. The Morgan fingerprint density at radius 2 is 2.04 bits per heavy atom. The van der Waals surface area contributed by atoms with Crippen molar-refractivity contribution >= 4 is 17.2 Å². The fraction of sp³-hybridized carbons (Fsp3) is 0.421. The molecule has 2 heterocycles. The third-order valence-corrected chi connectivity index (χ3v) is 5.34. The molecule has 3 nitrogen and oxygen atoms in total. The number of nitrogens with zero attached hydrogens (tertiary/aromatic N) is 1. The van der Waals surface area contributed by atoms with Gasteiger partial charge in [-0.2, -0.15) is 0 Å². The molecule has 1 aromatic carbocycles. The number of amides is 1. The fourth-order valence-electron chi connectivity index (χ4n) is 3.09. The molecule has 0 spiro atoms. The van der Waals surface area contributed by atoms with Crippen LogP contribution in [-0.4, -0.2) is 29.9 Å². The molecule has 1 N–H and O–H groups in total. The van der Waals surface area contributed by atoms with Crippen LogP contribution in [0.2, 0.25) is 0 Å². The van der Waals surface area contributed by atoms with Crippen LogP contribution in [0.5, 0.6) is 0 Å². The summed E-state index contributed by atoms with van der Waals surface area (Å²) in [7, 11) is 0. The number of aryl methyl sites for hydroxylation is 1. The van der Waals surface area contributed by atoms with Crippen molar-refractivity contribution in [2.75, 3.05) is 13.1 Å². The molecule has 1 aromatic heterocycles. The number of benzene rings is 1. The molecule has 1 aliphatic rings. The lowest BCUT2D eigenvalue weighted by Gasteiger charge is -2.36. The average molecular weight is 328 g/mol. The smallest absolute Gasteiger partial charge is 0.237 e. The van der Waals surface area contributed by atoms with Crippen LogP contribution >= 0.6 is 11.3 Å². The summed E-state index contributed by atoms with van der Waals surface area (Å²) >= 11 is 1.81. The van der Waals surface area contributed by atoms with Crippen LogP contribution in [0, 0.1) is 6.92 Å². The zero-order valence-corrected chi connectivity index (χ0v) is 14.8. The Balaban J connectivity index is 1.92. The van der Waals surface area contributed by atoms with Gasteiger partial charge in [0.25, 0.3) is 0 Å². The van der Waals surface area contributed by atoms with E-state index >= 15 is 0 Å². The first-order valence-corrected chi connectivity index (χ1v) is 9.10. The minimum absolute atomic E-state index is 0.0482. The van der Waals surface area contributed by atoms with Gasteiger partial charge in [-0.15, -0.1) is 11.3 Å². The quantitative estimate of drug-likeness (QED) is 0.931. The van der Waals surface area contributed by atoms with Crippen LogP contribution < -0.4 is 5.32 Å². The molecule has 1 aliphatic heterocycles. The summed E-state index contributed by atoms with van der Waals surface area (Å²) in [5.41, 5.74) is 3.74. The third kappa shape index (κ3) is 3.48. The largest absolute Gasteiger partial charge is 0.330 e. The predicted molar refractivity (Wildman–Crippen MR) is 95.9 cm³/mol. The van der Waals surface area contributed by atoms with E-state index in [1.165, 1.54) is 21.6 Å². The first-order chi connectivity index (χ1) is 11.1. The van der Waals surface area contributed by atoms with E-state index < -0.39 is 0 Å². The molecular weight excluding hydrogens is 304 g/mol. The fourth-order valence-corrected chi connectivity index (χ4v) is 3.99. The van der Waals surface area contributed by atoms with Gasteiger partial charge in [-0.25, -0.2) is 0 Å². The standard InChI is InChI=1S/C19H24N2OS/c1-13(2)20-12-18(22)21-10-8-17-16(9-11-23-17)19(21)15-6-4-14(3)5-7-15/h4-7,9,11,13,19-20H,8,10,12H2,1-3H3. The second-order valence-electron chi connectivity index (χ2n) is 6.49. The molecule has 23 heavy (non-hydrogen) atoms. The summed E-state index contributed by atoms with van der Waals surface area (Å²) in [5.74, 6) is 0.182. The number of nitrogens with one attached hydrogen (secondary N) is 1. The Bertz CT molecular complexity index is 675. The van der Waals surface area contributed by atoms with Gasteiger partial charge < -0.3 is 10.2 Å². The lowest BCUT2D eigenvalue weighted by molar-refractivity contribution is -0.132. The number of hydrogen-bond acceptors (Lipinski definition) is 3. The number of thiophene rings is 1. The molecule has 122 valence electrons. The summed E-state index contributed by atoms with van der Waals surface area (Å²) in [5, 5.41) is 5.40. The highest BCUT2D eigenvalue weighted by Gasteiger charge is 2.32. The van der Waals surface area contributed by atoms with Crippen LogP contribution in [0.4, 0.5) is 0 Å². The van der Waals surface area contributed by atoms with Gasteiger partial charge in [0.2, 0.25) is 5.91 Å². The minimum Gasteiger partial charge on any atom is -0.330 e. The van der Waals surface area contributed by atoms with Gasteiger partial charge in [-0.1, -0.05) is 43.7 Å². The Kier molecular flexibility index (Phi) is 4.83. The maximum Gasteiger partial charge on any atom is 0.237 e. The molecule has 0 fully saturated rings. The van der Waals surface area contributed by atoms with Gasteiger partial charge in [0.1, 0.15) is 0 Å². The van der Waals surface area contributed by atoms with E-state index in [9.17, 15) is 4.79 Å². The van der Waals surface area contributed by atoms with Crippen LogP contribution in [0.25, 0.3) is 0 Å². The molecule has 1 amide bonds. The Hall–Kier alpha value is -1.65. The molecule has 0 radical (unpaired) electrons. The van der Waals surface area contributed by atoms with Crippen molar-refractivity contribution in [2.24, 2.45) is 0 Å². The summed E-state index contributed by atoms with van der Waals surface area (Å²) < 4.78 is 0. The van der Waals surface area contributed by atoms with Crippen molar-refractivity contribution in [1.29, 1.82) is 0 Å². The zero-order valence-electron chi connectivity index (χ0n) is 14.0. The van der Waals surface area contributed by atoms with E-state index in [0.717, 1.165) is 13.0 Å². The third-order valence-electron chi connectivity index (χ3n) is 4.34. The first kappa shape index (κ1) is 16.2. The first-order valence-electron chi connectivity index (χ1n) is 8.22. The van der Waals surface area contributed by atoms with Crippen LogP contribution in [0.15, 0.2) is 35.7 Å². The van der Waals surface area contributed by atoms with Crippen molar-refractivity contribution in [3.8, 4) is 0 Å². The molecule has 0 saturated heterocycles. The molecule has 3 rings (SSSR count). The van der Waals surface area contributed by atoms with Crippen LogP contribution in [0.3, 0.4) is 0 Å². The summed E-state index contributed by atoms with van der Waals surface area (Å²) in [6, 6.07) is 11.1. The van der Waals surface area contributed by atoms with Crippen molar-refractivity contribution in [2.45, 2.75) is 39.3 Å². The van der Waals surface area contributed by atoms with Crippen molar-refractivity contribution in [3.63, 3.8) is 0 Å². The molecule has 0 bridgehead atoms. The molecule has 1 unspecified atom stereocenters. The van der Waals surface area contributed by atoms with Crippen LogP contribution in [0.1, 0.15) is 41.5 Å². The van der Waals surface area contributed by atoms with E-state index in [1.54, 1.807) is 11.3 Å². The highest BCUT2D eigenvalue weighted by molar-refractivity contribution is 7.10.